The van der Waals surface area contributed by atoms with Gasteiger partial charge in [-0.3, -0.25) is 4.79 Å². The summed E-state index contributed by atoms with van der Waals surface area (Å²) in [6.07, 6.45) is 3.53. The fourth-order valence-electron chi connectivity index (χ4n) is 6.31. The summed E-state index contributed by atoms with van der Waals surface area (Å²) < 4.78 is 14.7. The molecule has 8 aromatic rings. The van der Waals surface area contributed by atoms with Gasteiger partial charge in [0.15, 0.2) is 0 Å². The maximum Gasteiger partial charge on any atom is 0.352 e. The number of aliphatic hydroxyl groups excluding tert-OH is 2. The zero-order chi connectivity index (χ0) is 45.2. The van der Waals surface area contributed by atoms with E-state index in [1.54, 1.807) is 59.8 Å². The summed E-state index contributed by atoms with van der Waals surface area (Å²) in [5.74, 6) is -1.89. The number of nitrogens with one attached hydrogen (secondary N) is 3. The van der Waals surface area contributed by atoms with E-state index in [9.17, 15) is 24.3 Å². The number of fused-ring (bicyclic) bond motifs is 2. The highest BCUT2D eigenvalue weighted by molar-refractivity contribution is 7.21. The van der Waals surface area contributed by atoms with Gasteiger partial charge >= 0.3 is 17.9 Å². The first-order chi connectivity index (χ1) is 30.3. The number of thiophene rings is 2. The number of amides is 1. The molecule has 1 amide bonds. The van der Waals surface area contributed by atoms with Gasteiger partial charge in [0.2, 0.25) is 0 Å². The molecule has 0 saturated heterocycles. The molecule has 0 aliphatic carbocycles. The number of rotatable bonds is 11. The second-order valence-electron chi connectivity index (χ2n) is 13.9. The van der Waals surface area contributed by atoms with Crippen molar-refractivity contribution in [2.75, 3.05) is 35.9 Å². The molecule has 4 aromatic carbocycles. The van der Waals surface area contributed by atoms with Crippen LogP contribution in [-0.2, 0) is 36.8 Å². The van der Waals surface area contributed by atoms with Crippen molar-refractivity contribution in [1.29, 1.82) is 0 Å². The van der Waals surface area contributed by atoms with E-state index in [1.165, 1.54) is 36.9 Å². The Morgan fingerprint density at radius 1 is 0.600 bits per heavy atom. The second-order valence-corrected chi connectivity index (χ2v) is 16.1. The number of carboxylic acids is 1. The van der Waals surface area contributed by atoms with E-state index < -0.39 is 5.97 Å². The molecule has 0 atom stereocenters. The Kier molecular flexibility index (Phi) is 17.6. The normalized spacial score (nSPS) is 10.2. The summed E-state index contributed by atoms with van der Waals surface area (Å²) in [4.78, 5) is 47.8. The number of aromatic nitrogens is 2. The highest BCUT2D eigenvalue weighted by Crippen LogP contribution is 2.30. The van der Waals surface area contributed by atoms with Crippen molar-refractivity contribution in [3.05, 3.63) is 154 Å². The Morgan fingerprint density at radius 2 is 1.08 bits per heavy atom. The number of carbonyl (C=O) groups excluding carboxylic acids is 3. The van der Waals surface area contributed by atoms with Crippen molar-refractivity contribution in [3.8, 4) is 0 Å². The summed E-state index contributed by atoms with van der Waals surface area (Å²) in [5.41, 5.74) is 12.4. The number of aliphatic hydroxyl groups is 2. The molecule has 65 heavy (non-hydrogen) atoms. The molecule has 17 heteroatoms. The maximum absolute atomic E-state index is 12.8. The number of benzene rings is 4. The van der Waals surface area contributed by atoms with Crippen molar-refractivity contribution in [2.45, 2.75) is 28.1 Å². The third-order valence-electron chi connectivity index (χ3n) is 9.35. The lowest BCUT2D eigenvalue weighted by atomic mass is 10.2. The summed E-state index contributed by atoms with van der Waals surface area (Å²) in [5, 5.41) is 38.4. The molecule has 0 unspecified atom stereocenters. The number of carboxylic acid groups (broad SMARTS) is 1. The molecule has 4 heterocycles. The first kappa shape index (κ1) is 50.2. The molecule has 0 bridgehead atoms. The third-order valence-corrected chi connectivity index (χ3v) is 11.5. The van der Waals surface area contributed by atoms with Crippen LogP contribution in [0.2, 0.25) is 0 Å². The first-order valence-corrected chi connectivity index (χ1v) is 20.7. The van der Waals surface area contributed by atoms with Gasteiger partial charge in [-0.1, -0.05) is 39.1 Å². The number of aryl methyl sites for hydroxylation is 2. The fraction of sp³-hybridized carbons (Fsp3) is 0.167. The van der Waals surface area contributed by atoms with Gasteiger partial charge in [0.25, 0.3) is 5.91 Å². The Hall–Kier alpha value is -7.44. The van der Waals surface area contributed by atoms with E-state index in [0.717, 1.165) is 48.4 Å². The van der Waals surface area contributed by atoms with E-state index in [0.29, 0.717) is 32.5 Å². The lowest BCUT2D eigenvalue weighted by Crippen LogP contribution is -2.15. The lowest BCUT2D eigenvalue weighted by Gasteiger charge is -2.06. The van der Waals surface area contributed by atoms with Crippen molar-refractivity contribution in [1.82, 2.24) is 9.13 Å². The largest absolute Gasteiger partial charge is 0.477 e. The smallest absolute Gasteiger partial charge is 0.352 e. The number of carbonyl (C=O) groups is 4. The minimum Gasteiger partial charge on any atom is -0.477 e. The predicted octanol–water partition coefficient (Wildman–Crippen LogP) is 10.0. The molecule has 8 N–H and O–H groups in total. The molecule has 0 saturated carbocycles. The Bertz CT molecular complexity index is 2930. The quantitative estimate of drug-likeness (QED) is 0.0476. The van der Waals surface area contributed by atoms with Gasteiger partial charge in [0, 0.05) is 58.6 Å². The Labute approximate surface area is 384 Å². The molecular weight excluding hydrogens is 869 g/mol. The summed E-state index contributed by atoms with van der Waals surface area (Å²) in [6, 6.07) is 32.7. The van der Waals surface area contributed by atoms with Crippen LogP contribution in [0.1, 0.15) is 66.3 Å². The van der Waals surface area contributed by atoms with Crippen LogP contribution in [0.25, 0.3) is 20.2 Å². The van der Waals surface area contributed by atoms with Crippen LogP contribution in [0.5, 0.6) is 0 Å². The molecule has 340 valence electrons. The van der Waals surface area contributed by atoms with E-state index in [-0.39, 0.29) is 51.6 Å². The number of anilines is 6. The molecule has 0 radical (unpaired) electrons. The van der Waals surface area contributed by atoms with Crippen LogP contribution in [-0.4, -0.2) is 62.5 Å². The van der Waals surface area contributed by atoms with Crippen LogP contribution in [0.3, 0.4) is 0 Å². The van der Waals surface area contributed by atoms with E-state index >= 15 is 0 Å². The Balaban J connectivity index is 0.000000231. The number of nitrogen functional groups attached to an aromatic ring is 1. The van der Waals surface area contributed by atoms with Gasteiger partial charge in [-0.15, -0.1) is 22.7 Å². The Morgan fingerprint density at radius 3 is 1.55 bits per heavy atom. The molecule has 4 aromatic heterocycles. The van der Waals surface area contributed by atoms with Crippen LogP contribution >= 0.6 is 22.7 Å². The van der Waals surface area contributed by atoms with Crippen LogP contribution < -0.4 is 21.7 Å². The van der Waals surface area contributed by atoms with Crippen molar-refractivity contribution in [3.63, 3.8) is 0 Å². The standard InChI is InChI=1S/C23H21N3O4S.C13H14N2O3.C10H9NO2S.2CH4/c1-26-12-18(24-16-5-3-4-14(8-16)13-27)11-19(26)22(28)25-17-6-7-20-15(9-17)10-21(31-20)23(29)30-2;1-15-7-11(6-12(15)13(17)18)14-10-4-2-3-9(5-10)8-16;1-13-10(12)9-5-6-4-7(11)2-3-8(6)14-9;;/h3-12,24,27H,13H2,1-2H3,(H,25,28);2-7,14,16H,8H2,1H3,(H,17,18);2-5H,11H2,1H3;2*1H4. The summed E-state index contributed by atoms with van der Waals surface area (Å²) >= 11 is 2.76. The van der Waals surface area contributed by atoms with Gasteiger partial charge in [0.05, 0.1) is 38.8 Å². The average Bonchev–Trinajstić information content (AvgIpc) is 4.08. The number of hydrogen-bond donors (Lipinski definition) is 7. The van der Waals surface area contributed by atoms with Gasteiger partial charge in [-0.2, -0.15) is 0 Å². The van der Waals surface area contributed by atoms with Crippen LogP contribution in [0.4, 0.5) is 34.1 Å². The highest BCUT2D eigenvalue weighted by atomic mass is 32.1. The molecule has 0 aliphatic heterocycles. The van der Waals surface area contributed by atoms with Crippen molar-refractivity contribution < 1.29 is 44.0 Å². The van der Waals surface area contributed by atoms with Crippen LogP contribution in [0.15, 0.2) is 122 Å². The van der Waals surface area contributed by atoms with Gasteiger partial charge in [0.1, 0.15) is 21.1 Å². The summed E-state index contributed by atoms with van der Waals surface area (Å²) in [6.45, 7) is -0.0573. The number of aromatic carboxylic acids is 1. The fourth-order valence-corrected chi connectivity index (χ4v) is 8.24. The minimum atomic E-state index is -0.963. The zero-order valence-electron chi connectivity index (χ0n) is 34.5. The monoisotopic (exact) mass is 920 g/mol. The number of hydrogen-bond acceptors (Lipinski definition) is 13. The SMILES string of the molecule is C.C.COC(=O)c1cc2cc(N)ccc2s1.COC(=O)c1cc2cc(NC(=O)c3cc(Nc4cccc(CO)c4)cn3C)ccc2s1.Cn1cc(Nc2cccc(CO)c2)cc1C(=O)O. The minimum absolute atomic E-state index is 0. The second kappa shape index (κ2) is 22.8. The van der Waals surface area contributed by atoms with Crippen LogP contribution in [0, 0.1) is 0 Å². The molecule has 0 spiro atoms. The van der Waals surface area contributed by atoms with E-state index in [2.05, 4.69) is 20.7 Å². The average molecular weight is 921 g/mol. The molecule has 15 nitrogen and oxygen atoms in total. The van der Waals surface area contributed by atoms with Gasteiger partial charge < -0.3 is 55.6 Å². The van der Waals surface area contributed by atoms with E-state index in [4.69, 9.17) is 20.7 Å². The number of nitrogens with two attached hydrogens (primary N) is 1. The lowest BCUT2D eigenvalue weighted by molar-refractivity contribution is 0.0597. The number of esters is 2. The zero-order valence-corrected chi connectivity index (χ0v) is 36.2. The number of ether oxygens (including phenoxy) is 2. The summed E-state index contributed by atoms with van der Waals surface area (Å²) in [7, 11) is 6.21. The molecule has 0 aliphatic rings. The van der Waals surface area contributed by atoms with Gasteiger partial charge in [-0.05, 0) is 107 Å². The predicted molar refractivity (Wildman–Crippen MR) is 261 cm³/mol. The molecule has 8 rings (SSSR count). The number of methoxy groups -OCH3 is 2. The third kappa shape index (κ3) is 12.8. The van der Waals surface area contributed by atoms with E-state index in [1.807, 2.05) is 85.1 Å². The maximum atomic E-state index is 12.8. The number of nitrogens with zero attached hydrogens (tertiary/aromatic N) is 2. The highest BCUT2D eigenvalue weighted by Gasteiger charge is 2.16. The van der Waals surface area contributed by atoms with Crippen molar-refractivity contribution >= 4 is 101 Å². The van der Waals surface area contributed by atoms with Crippen molar-refractivity contribution in [2.24, 2.45) is 14.1 Å². The van der Waals surface area contributed by atoms with Gasteiger partial charge in [-0.25, -0.2) is 14.4 Å². The topological polar surface area (TPSA) is 219 Å². The molecule has 0 fully saturated rings. The first-order valence-electron chi connectivity index (χ1n) is 19.1. The molecular formula is C48H52N6O9S2.